The summed E-state index contributed by atoms with van der Waals surface area (Å²) in [6, 6.07) is 5.56. The van der Waals surface area contributed by atoms with Gasteiger partial charge in [0.1, 0.15) is 17.6 Å². The zero-order valence-corrected chi connectivity index (χ0v) is 8.20. The van der Waals surface area contributed by atoms with Crippen molar-refractivity contribution >= 4 is 17.8 Å². The van der Waals surface area contributed by atoms with E-state index in [0.29, 0.717) is 17.2 Å². The van der Waals surface area contributed by atoms with Gasteiger partial charge in [0.25, 0.3) is 0 Å². The van der Waals surface area contributed by atoms with Crippen LogP contribution in [0.4, 0.5) is 5.82 Å². The van der Waals surface area contributed by atoms with Crippen LogP contribution >= 0.6 is 0 Å². The van der Waals surface area contributed by atoms with E-state index in [1.54, 1.807) is 15.6 Å². The Morgan fingerprint density at radius 1 is 1.44 bits per heavy atom. The minimum absolute atomic E-state index is 0.355. The number of aromatic nitrogens is 2. The summed E-state index contributed by atoms with van der Waals surface area (Å²) in [5.41, 5.74) is 3.69. The van der Waals surface area contributed by atoms with Crippen molar-refractivity contribution in [2.75, 3.05) is 5.01 Å². The van der Waals surface area contributed by atoms with E-state index in [4.69, 9.17) is 4.84 Å². The van der Waals surface area contributed by atoms with Crippen LogP contribution in [0.3, 0.4) is 0 Å². The second-order valence-corrected chi connectivity index (χ2v) is 3.23. The molecule has 80 valence electrons. The Bertz CT molecular complexity index is 575. The first kappa shape index (κ1) is 8.93. The largest absolute Gasteiger partial charge is 0.395 e. The van der Waals surface area contributed by atoms with E-state index in [9.17, 15) is 4.79 Å². The number of rotatable bonds is 2. The predicted octanol–water partition coefficient (Wildman–Crippen LogP) is 0.874. The normalized spacial score (nSPS) is 14.4. The summed E-state index contributed by atoms with van der Waals surface area (Å²) in [5, 5.41) is 1.59. The lowest BCUT2D eigenvalue weighted by molar-refractivity contribution is 0.111. The van der Waals surface area contributed by atoms with Crippen LogP contribution in [-0.4, -0.2) is 15.7 Å². The lowest BCUT2D eigenvalue weighted by atomic mass is 10.4. The molecule has 0 saturated carbocycles. The van der Waals surface area contributed by atoms with E-state index in [0.717, 1.165) is 6.29 Å². The van der Waals surface area contributed by atoms with E-state index in [1.807, 2.05) is 24.4 Å². The molecule has 2 aromatic heterocycles. The molecule has 0 saturated heterocycles. The molecule has 16 heavy (non-hydrogen) atoms. The van der Waals surface area contributed by atoms with Crippen molar-refractivity contribution in [2.24, 2.45) is 0 Å². The Morgan fingerprint density at radius 2 is 2.38 bits per heavy atom. The fourth-order valence-electron chi connectivity index (χ4n) is 1.64. The Labute approximate surface area is 90.7 Å². The Hall–Kier alpha value is -2.34. The number of nitrogens with zero attached hydrogens (tertiary/aromatic N) is 3. The van der Waals surface area contributed by atoms with Gasteiger partial charge in [-0.25, -0.2) is 9.99 Å². The van der Waals surface area contributed by atoms with E-state index < -0.39 is 0 Å². The topological polar surface area (TPSA) is 58.9 Å². The number of anilines is 1. The van der Waals surface area contributed by atoms with Crippen LogP contribution in [0.15, 0.2) is 36.9 Å². The van der Waals surface area contributed by atoms with E-state index >= 15 is 0 Å². The van der Waals surface area contributed by atoms with Gasteiger partial charge in [-0.1, -0.05) is 11.7 Å². The molecule has 3 rings (SSSR count). The third kappa shape index (κ3) is 1.17. The highest BCUT2D eigenvalue weighted by molar-refractivity contribution is 5.83. The van der Waals surface area contributed by atoms with Crippen molar-refractivity contribution in [2.45, 2.75) is 0 Å². The number of carbonyl (C=O) groups is 1. The Morgan fingerprint density at radius 3 is 3.12 bits per heavy atom. The summed E-state index contributed by atoms with van der Waals surface area (Å²) < 4.78 is 1.80. The summed E-state index contributed by atoms with van der Waals surface area (Å²) in [6.45, 7) is 0. The number of fused-ring (bicyclic) bond motifs is 1. The molecular formula is C10H8N4O2. The van der Waals surface area contributed by atoms with Gasteiger partial charge in [-0.15, -0.1) is 0 Å². The number of imidazole rings is 1. The molecule has 1 aliphatic rings. The van der Waals surface area contributed by atoms with Crippen molar-refractivity contribution in [1.82, 2.24) is 15.0 Å². The number of nitrogens with one attached hydrogen (secondary N) is 1. The number of hydrazine groups is 1. The standard InChI is InChI=1S/C10H8N4O2/c15-7-8-10(14-5-6-16-12-14)13-4-2-1-3-9(13)11-8/h1-7,12H. The fraction of sp³-hybridized carbons (Fsp3) is 0. The molecule has 1 N–H and O–H groups in total. The highest BCUT2D eigenvalue weighted by atomic mass is 16.7. The molecule has 0 spiro atoms. The molecule has 0 radical (unpaired) electrons. The first-order chi connectivity index (χ1) is 7.90. The van der Waals surface area contributed by atoms with Gasteiger partial charge in [0.2, 0.25) is 0 Å². The van der Waals surface area contributed by atoms with Crippen molar-refractivity contribution in [3.05, 3.63) is 42.6 Å². The lowest BCUT2D eigenvalue weighted by Gasteiger charge is -2.13. The molecule has 0 unspecified atom stereocenters. The van der Waals surface area contributed by atoms with Gasteiger partial charge in [0, 0.05) is 6.20 Å². The molecule has 0 atom stereocenters. The Kier molecular flexibility index (Phi) is 1.87. The molecule has 0 aromatic carbocycles. The van der Waals surface area contributed by atoms with Gasteiger partial charge in [-0.3, -0.25) is 9.20 Å². The quantitative estimate of drug-likeness (QED) is 0.755. The Balaban J connectivity index is 2.26. The third-order valence-corrected chi connectivity index (χ3v) is 2.30. The van der Waals surface area contributed by atoms with Crippen molar-refractivity contribution in [1.29, 1.82) is 0 Å². The first-order valence-electron chi connectivity index (χ1n) is 4.69. The predicted molar refractivity (Wildman–Crippen MR) is 56.4 cm³/mol. The van der Waals surface area contributed by atoms with Crippen molar-refractivity contribution < 1.29 is 9.63 Å². The van der Waals surface area contributed by atoms with Crippen molar-refractivity contribution in [3.8, 4) is 0 Å². The number of hydrogen-bond donors (Lipinski definition) is 1. The van der Waals surface area contributed by atoms with Gasteiger partial charge in [0.05, 0.1) is 6.20 Å². The second kappa shape index (κ2) is 3.35. The maximum Gasteiger partial charge on any atom is 0.172 e. The molecule has 1 aliphatic heterocycles. The first-order valence-corrected chi connectivity index (χ1v) is 4.69. The van der Waals surface area contributed by atoms with Crippen LogP contribution in [0.2, 0.25) is 0 Å². The third-order valence-electron chi connectivity index (χ3n) is 2.30. The van der Waals surface area contributed by atoms with Gasteiger partial charge < -0.3 is 4.84 Å². The summed E-state index contributed by atoms with van der Waals surface area (Å²) in [5.74, 6) is 0.624. The molecule has 6 nitrogen and oxygen atoms in total. The lowest BCUT2D eigenvalue weighted by Crippen LogP contribution is -2.29. The van der Waals surface area contributed by atoms with Crippen LogP contribution in [0.25, 0.3) is 5.65 Å². The van der Waals surface area contributed by atoms with Crippen LogP contribution < -0.4 is 10.6 Å². The average molecular weight is 216 g/mol. The van der Waals surface area contributed by atoms with E-state index in [-0.39, 0.29) is 0 Å². The van der Waals surface area contributed by atoms with Gasteiger partial charge in [0.15, 0.2) is 12.1 Å². The summed E-state index contributed by atoms with van der Waals surface area (Å²) in [4.78, 5) is 20.0. The van der Waals surface area contributed by atoms with Crippen LogP contribution in [0.1, 0.15) is 10.5 Å². The van der Waals surface area contributed by atoms with Gasteiger partial charge in [-0.05, 0) is 12.1 Å². The highest BCUT2D eigenvalue weighted by Gasteiger charge is 2.18. The number of carbonyl (C=O) groups excluding carboxylic acids is 1. The average Bonchev–Trinajstić information content (AvgIpc) is 2.94. The maximum atomic E-state index is 11.0. The van der Waals surface area contributed by atoms with E-state index in [2.05, 4.69) is 10.6 Å². The molecule has 3 heterocycles. The van der Waals surface area contributed by atoms with Crippen LogP contribution in [0, 0.1) is 0 Å². The molecule has 0 aliphatic carbocycles. The van der Waals surface area contributed by atoms with Gasteiger partial charge in [-0.2, -0.15) is 0 Å². The number of aldehydes is 1. The molecule has 0 fully saturated rings. The molecule has 2 aromatic rings. The zero-order valence-electron chi connectivity index (χ0n) is 8.20. The maximum absolute atomic E-state index is 11.0. The smallest absolute Gasteiger partial charge is 0.172 e. The monoisotopic (exact) mass is 216 g/mol. The van der Waals surface area contributed by atoms with Crippen molar-refractivity contribution in [3.63, 3.8) is 0 Å². The van der Waals surface area contributed by atoms with Crippen LogP contribution in [0.5, 0.6) is 0 Å². The summed E-state index contributed by atoms with van der Waals surface area (Å²) >= 11 is 0. The van der Waals surface area contributed by atoms with Crippen LogP contribution in [-0.2, 0) is 4.84 Å². The zero-order chi connectivity index (χ0) is 11.0. The summed E-state index contributed by atoms with van der Waals surface area (Å²) in [6.07, 6.45) is 5.70. The van der Waals surface area contributed by atoms with Gasteiger partial charge >= 0.3 is 0 Å². The molecule has 6 heteroatoms. The number of hydrogen-bond acceptors (Lipinski definition) is 5. The van der Waals surface area contributed by atoms with E-state index in [1.165, 1.54) is 6.26 Å². The fourth-order valence-corrected chi connectivity index (χ4v) is 1.64. The molecule has 0 amide bonds. The molecule has 0 bridgehead atoms. The minimum Gasteiger partial charge on any atom is -0.395 e. The highest BCUT2D eigenvalue weighted by Crippen LogP contribution is 2.21. The molecular weight excluding hydrogens is 208 g/mol. The summed E-state index contributed by atoms with van der Waals surface area (Å²) in [7, 11) is 0. The second-order valence-electron chi connectivity index (χ2n) is 3.23. The minimum atomic E-state index is 0.355. The number of pyridine rings is 1. The SMILES string of the molecule is O=Cc1nc2ccccn2c1N1C=CON1.